The third-order valence-corrected chi connectivity index (χ3v) is 4.56. The quantitative estimate of drug-likeness (QED) is 0.778. The average molecular weight is 282 g/mol. The minimum Gasteiger partial charge on any atom is -0.309 e. The van der Waals surface area contributed by atoms with Crippen LogP contribution in [0.5, 0.6) is 0 Å². The van der Waals surface area contributed by atoms with E-state index in [1.54, 1.807) is 11.3 Å². The van der Waals surface area contributed by atoms with E-state index in [9.17, 15) is 0 Å². The van der Waals surface area contributed by atoms with Gasteiger partial charge in [0, 0.05) is 11.1 Å². The van der Waals surface area contributed by atoms with Gasteiger partial charge < -0.3 is 5.32 Å². The molecule has 0 saturated heterocycles. The Morgan fingerprint density at radius 1 is 1.10 bits per heavy atom. The number of nitrogens with one attached hydrogen (secondary N) is 1. The van der Waals surface area contributed by atoms with Gasteiger partial charge in [0.25, 0.3) is 0 Å². The smallest absolute Gasteiger partial charge is 0.0705 e. The number of hydrogen-bond donors (Lipinski definition) is 1. The predicted octanol–water partition coefficient (Wildman–Crippen LogP) is 4.22. The Kier molecular flexibility index (Phi) is 3.55. The number of nitrogens with zero attached hydrogens (tertiary/aromatic N) is 1. The lowest BCUT2D eigenvalue weighted by molar-refractivity contribution is 0.691. The van der Waals surface area contributed by atoms with Crippen molar-refractivity contribution in [3.8, 4) is 0 Å². The highest BCUT2D eigenvalue weighted by molar-refractivity contribution is 7.08. The molecule has 0 aliphatic carbocycles. The molecule has 1 atom stereocenters. The molecule has 0 spiro atoms. The molecule has 2 aromatic heterocycles. The van der Waals surface area contributed by atoms with Crippen LogP contribution in [0.4, 0.5) is 0 Å². The van der Waals surface area contributed by atoms with Gasteiger partial charge >= 0.3 is 0 Å². The molecule has 0 saturated carbocycles. The van der Waals surface area contributed by atoms with E-state index in [1.807, 2.05) is 14.0 Å². The number of benzene rings is 1. The topological polar surface area (TPSA) is 24.9 Å². The molecule has 2 nitrogen and oxygen atoms in total. The molecule has 2 heterocycles. The highest BCUT2D eigenvalue weighted by atomic mass is 32.1. The zero-order valence-corrected chi connectivity index (χ0v) is 12.8. The Morgan fingerprint density at radius 3 is 2.65 bits per heavy atom. The second-order valence-electron chi connectivity index (χ2n) is 5.14. The van der Waals surface area contributed by atoms with E-state index in [4.69, 9.17) is 0 Å². The van der Waals surface area contributed by atoms with Crippen LogP contribution >= 0.6 is 11.3 Å². The van der Waals surface area contributed by atoms with Crippen LogP contribution in [0.3, 0.4) is 0 Å². The Hall–Kier alpha value is -1.71. The second-order valence-corrected chi connectivity index (χ2v) is 5.88. The van der Waals surface area contributed by atoms with Crippen LogP contribution in [-0.4, -0.2) is 12.0 Å². The fourth-order valence-electron chi connectivity index (χ4n) is 2.59. The Bertz CT molecular complexity index is 746. The van der Waals surface area contributed by atoms with Crippen LogP contribution in [-0.2, 0) is 0 Å². The van der Waals surface area contributed by atoms with Gasteiger partial charge in [0.1, 0.15) is 0 Å². The Labute approximate surface area is 123 Å². The summed E-state index contributed by atoms with van der Waals surface area (Å²) in [4.78, 5) is 4.56. The standard InChI is InChI=1S/C17H18N2S/c1-11-9-20-10-15(11)17(18-3)14-6-7-16-13(8-14)5-4-12(2)19-16/h4-10,17-18H,1-3H3. The molecule has 0 aliphatic rings. The van der Waals surface area contributed by atoms with Crippen LogP contribution < -0.4 is 5.32 Å². The molecular formula is C17H18N2S. The lowest BCUT2D eigenvalue weighted by Gasteiger charge is -2.17. The number of thiophene rings is 1. The maximum atomic E-state index is 4.56. The minimum atomic E-state index is 0.243. The van der Waals surface area contributed by atoms with E-state index in [2.05, 4.69) is 58.3 Å². The lowest BCUT2D eigenvalue weighted by atomic mass is 9.97. The van der Waals surface area contributed by atoms with Crippen LogP contribution in [0.1, 0.15) is 28.4 Å². The van der Waals surface area contributed by atoms with Gasteiger partial charge in [0.05, 0.1) is 11.6 Å². The lowest BCUT2D eigenvalue weighted by Crippen LogP contribution is -2.17. The van der Waals surface area contributed by atoms with Crippen molar-refractivity contribution in [3.05, 3.63) is 63.5 Å². The summed E-state index contributed by atoms with van der Waals surface area (Å²) in [5, 5.41) is 9.05. The summed E-state index contributed by atoms with van der Waals surface area (Å²) >= 11 is 1.76. The van der Waals surface area contributed by atoms with Gasteiger partial charge in [-0.1, -0.05) is 12.1 Å². The minimum absolute atomic E-state index is 0.243. The highest BCUT2D eigenvalue weighted by Crippen LogP contribution is 2.29. The van der Waals surface area contributed by atoms with Crippen molar-refractivity contribution in [2.45, 2.75) is 19.9 Å². The van der Waals surface area contributed by atoms with Gasteiger partial charge in [-0.05, 0) is 66.5 Å². The molecule has 3 aromatic rings. The van der Waals surface area contributed by atoms with Crippen molar-refractivity contribution >= 4 is 22.2 Å². The number of aryl methyl sites for hydroxylation is 2. The first-order valence-electron chi connectivity index (χ1n) is 6.76. The highest BCUT2D eigenvalue weighted by Gasteiger charge is 2.15. The maximum absolute atomic E-state index is 4.56. The van der Waals surface area contributed by atoms with Gasteiger partial charge in [-0.3, -0.25) is 4.98 Å². The molecule has 3 heteroatoms. The first-order valence-corrected chi connectivity index (χ1v) is 7.70. The monoisotopic (exact) mass is 282 g/mol. The molecule has 0 amide bonds. The van der Waals surface area contributed by atoms with Crippen molar-refractivity contribution in [1.29, 1.82) is 0 Å². The third-order valence-electron chi connectivity index (χ3n) is 3.68. The first kappa shape index (κ1) is 13.3. The van der Waals surface area contributed by atoms with Crippen molar-refractivity contribution in [3.63, 3.8) is 0 Å². The molecule has 1 N–H and O–H groups in total. The summed E-state index contributed by atoms with van der Waals surface area (Å²) in [6.45, 7) is 4.20. The molecule has 20 heavy (non-hydrogen) atoms. The summed E-state index contributed by atoms with van der Waals surface area (Å²) in [6.07, 6.45) is 0. The fourth-order valence-corrected chi connectivity index (χ4v) is 3.47. The number of aromatic nitrogens is 1. The molecule has 102 valence electrons. The van der Waals surface area contributed by atoms with E-state index in [0.29, 0.717) is 0 Å². The SMILES string of the molecule is CNC(c1ccc2nc(C)ccc2c1)c1cscc1C. The first-order chi connectivity index (χ1) is 9.69. The molecule has 0 aliphatic heterocycles. The number of hydrogen-bond acceptors (Lipinski definition) is 3. The molecule has 1 unspecified atom stereocenters. The maximum Gasteiger partial charge on any atom is 0.0705 e. The van der Waals surface area contributed by atoms with Gasteiger partial charge in [-0.25, -0.2) is 0 Å². The average Bonchev–Trinajstić information content (AvgIpc) is 2.86. The Balaban J connectivity index is 2.08. The summed E-state index contributed by atoms with van der Waals surface area (Å²) in [5.41, 5.74) is 6.11. The number of rotatable bonds is 3. The van der Waals surface area contributed by atoms with Gasteiger partial charge in [0.15, 0.2) is 0 Å². The largest absolute Gasteiger partial charge is 0.309 e. The molecule has 1 aromatic carbocycles. The van der Waals surface area contributed by atoms with Crippen molar-refractivity contribution in [2.24, 2.45) is 0 Å². The van der Waals surface area contributed by atoms with Crippen LogP contribution in [0.15, 0.2) is 41.1 Å². The van der Waals surface area contributed by atoms with Crippen LogP contribution in [0.25, 0.3) is 10.9 Å². The van der Waals surface area contributed by atoms with E-state index >= 15 is 0 Å². The molecule has 0 bridgehead atoms. The van der Waals surface area contributed by atoms with E-state index < -0.39 is 0 Å². The van der Waals surface area contributed by atoms with Gasteiger partial charge in [-0.2, -0.15) is 11.3 Å². The zero-order chi connectivity index (χ0) is 14.1. The summed E-state index contributed by atoms with van der Waals surface area (Å²) in [5.74, 6) is 0. The van der Waals surface area contributed by atoms with Gasteiger partial charge in [-0.15, -0.1) is 0 Å². The summed E-state index contributed by atoms with van der Waals surface area (Å²) in [6, 6.07) is 11.0. The van der Waals surface area contributed by atoms with E-state index in [0.717, 1.165) is 11.2 Å². The van der Waals surface area contributed by atoms with E-state index in [1.165, 1.54) is 22.1 Å². The zero-order valence-electron chi connectivity index (χ0n) is 12.0. The number of pyridine rings is 1. The second kappa shape index (κ2) is 5.35. The molecule has 3 rings (SSSR count). The normalized spacial score (nSPS) is 12.8. The summed E-state index contributed by atoms with van der Waals surface area (Å²) in [7, 11) is 2.01. The van der Waals surface area contributed by atoms with E-state index in [-0.39, 0.29) is 6.04 Å². The molecule has 0 radical (unpaired) electrons. The molecule has 0 fully saturated rings. The summed E-state index contributed by atoms with van der Waals surface area (Å²) < 4.78 is 0. The van der Waals surface area contributed by atoms with Crippen LogP contribution in [0, 0.1) is 13.8 Å². The van der Waals surface area contributed by atoms with Crippen LogP contribution in [0.2, 0.25) is 0 Å². The van der Waals surface area contributed by atoms with Crippen molar-refractivity contribution < 1.29 is 0 Å². The van der Waals surface area contributed by atoms with Crippen molar-refractivity contribution in [2.75, 3.05) is 7.05 Å². The van der Waals surface area contributed by atoms with Crippen molar-refractivity contribution in [1.82, 2.24) is 10.3 Å². The predicted molar refractivity (Wildman–Crippen MR) is 86.4 cm³/mol. The Morgan fingerprint density at radius 2 is 1.95 bits per heavy atom. The molecular weight excluding hydrogens is 264 g/mol. The van der Waals surface area contributed by atoms with Gasteiger partial charge in [0.2, 0.25) is 0 Å². The third kappa shape index (κ3) is 2.35. The fraction of sp³-hybridized carbons (Fsp3) is 0.235. The number of fused-ring (bicyclic) bond motifs is 1.